The topological polar surface area (TPSA) is 29.3 Å². The first kappa shape index (κ1) is 9.47. The van der Waals surface area contributed by atoms with Crippen molar-refractivity contribution in [2.24, 2.45) is 11.7 Å². The average Bonchev–Trinajstić information content (AvgIpc) is 2.92. The highest BCUT2D eigenvalue weighted by Crippen LogP contribution is 2.35. The van der Waals surface area contributed by atoms with Crippen LogP contribution in [0, 0.1) is 5.92 Å². The van der Waals surface area contributed by atoms with Gasteiger partial charge in [0.1, 0.15) is 0 Å². The highest BCUT2D eigenvalue weighted by molar-refractivity contribution is 4.92. The summed E-state index contributed by atoms with van der Waals surface area (Å²) in [6.07, 6.45) is 6.91. The molecule has 2 fully saturated rings. The van der Waals surface area contributed by atoms with Crippen LogP contribution in [0.15, 0.2) is 0 Å². The molecular weight excluding hydrogens is 160 g/mol. The van der Waals surface area contributed by atoms with Crippen LogP contribution in [-0.2, 0) is 0 Å². The monoisotopic (exact) mass is 182 g/mol. The fraction of sp³-hybridized carbons (Fsp3) is 1.00. The maximum absolute atomic E-state index is 5.64. The Balaban J connectivity index is 1.90. The minimum absolute atomic E-state index is 0.796. The molecule has 2 N–H and O–H groups in total. The molecule has 2 atom stereocenters. The summed E-state index contributed by atoms with van der Waals surface area (Å²) in [4.78, 5) is 2.73. The van der Waals surface area contributed by atoms with Crippen molar-refractivity contribution in [1.29, 1.82) is 0 Å². The normalized spacial score (nSPS) is 36.5. The lowest BCUT2D eigenvalue weighted by Gasteiger charge is -2.39. The lowest BCUT2D eigenvalue weighted by Crippen LogP contribution is -2.45. The molecule has 2 unspecified atom stereocenters. The van der Waals surface area contributed by atoms with Gasteiger partial charge in [0.15, 0.2) is 0 Å². The second kappa shape index (κ2) is 3.97. The van der Waals surface area contributed by atoms with Gasteiger partial charge in [0.2, 0.25) is 0 Å². The molecular formula is C11H22N2. The fourth-order valence-corrected chi connectivity index (χ4v) is 2.77. The Morgan fingerprint density at radius 3 is 2.69 bits per heavy atom. The molecule has 2 rings (SSSR count). The van der Waals surface area contributed by atoms with Crippen molar-refractivity contribution in [3.63, 3.8) is 0 Å². The highest BCUT2D eigenvalue weighted by Gasteiger charge is 2.36. The van der Waals surface area contributed by atoms with Crippen LogP contribution < -0.4 is 5.73 Å². The fourth-order valence-electron chi connectivity index (χ4n) is 2.77. The number of hydrogen-bond donors (Lipinski definition) is 1. The standard InChI is InChI=1S/C11H22N2/c1-9-10(6-7-12)3-2-8-13(9)11-4-5-11/h9-11H,2-8,12H2,1H3. The molecule has 1 saturated heterocycles. The molecule has 2 heteroatoms. The maximum Gasteiger partial charge on any atom is 0.00993 e. The lowest BCUT2D eigenvalue weighted by atomic mass is 9.87. The van der Waals surface area contributed by atoms with Crippen LogP contribution in [-0.4, -0.2) is 30.1 Å². The summed E-state index contributed by atoms with van der Waals surface area (Å²) >= 11 is 0. The highest BCUT2D eigenvalue weighted by atomic mass is 15.2. The van der Waals surface area contributed by atoms with E-state index >= 15 is 0 Å². The zero-order chi connectivity index (χ0) is 9.26. The van der Waals surface area contributed by atoms with Gasteiger partial charge in [-0.05, 0) is 58.0 Å². The molecule has 1 heterocycles. The summed E-state index contributed by atoms with van der Waals surface area (Å²) < 4.78 is 0. The molecule has 1 saturated carbocycles. The first-order valence-corrected chi connectivity index (χ1v) is 5.78. The SMILES string of the molecule is CC1C(CCN)CCCN1C1CC1. The van der Waals surface area contributed by atoms with Gasteiger partial charge in [-0.15, -0.1) is 0 Å². The first-order chi connectivity index (χ1) is 6.33. The van der Waals surface area contributed by atoms with Crippen LogP contribution in [0.25, 0.3) is 0 Å². The molecule has 0 aromatic rings. The van der Waals surface area contributed by atoms with E-state index in [-0.39, 0.29) is 0 Å². The Morgan fingerprint density at radius 2 is 2.08 bits per heavy atom. The van der Waals surface area contributed by atoms with Crippen LogP contribution >= 0.6 is 0 Å². The molecule has 2 aliphatic rings. The van der Waals surface area contributed by atoms with E-state index in [0.717, 1.165) is 24.5 Å². The third-order valence-electron chi connectivity index (χ3n) is 3.75. The van der Waals surface area contributed by atoms with Gasteiger partial charge in [-0.2, -0.15) is 0 Å². The van der Waals surface area contributed by atoms with Gasteiger partial charge in [-0.3, -0.25) is 4.90 Å². The Bertz CT molecular complexity index is 163. The summed E-state index contributed by atoms with van der Waals surface area (Å²) in [6, 6.07) is 1.74. The Kier molecular flexibility index (Phi) is 2.89. The molecule has 1 aliphatic carbocycles. The largest absolute Gasteiger partial charge is 0.330 e. The van der Waals surface area contributed by atoms with Crippen molar-refractivity contribution in [3.8, 4) is 0 Å². The van der Waals surface area contributed by atoms with Crippen molar-refractivity contribution in [3.05, 3.63) is 0 Å². The summed E-state index contributed by atoms with van der Waals surface area (Å²) in [5.41, 5.74) is 5.64. The number of hydrogen-bond acceptors (Lipinski definition) is 2. The van der Waals surface area contributed by atoms with E-state index in [1.54, 1.807) is 0 Å². The van der Waals surface area contributed by atoms with Crippen molar-refractivity contribution < 1.29 is 0 Å². The van der Waals surface area contributed by atoms with Gasteiger partial charge in [-0.25, -0.2) is 0 Å². The third-order valence-corrected chi connectivity index (χ3v) is 3.75. The number of nitrogens with two attached hydrogens (primary N) is 1. The second-order valence-corrected chi connectivity index (χ2v) is 4.69. The van der Waals surface area contributed by atoms with Crippen LogP contribution in [0.1, 0.15) is 39.0 Å². The van der Waals surface area contributed by atoms with Crippen molar-refractivity contribution >= 4 is 0 Å². The van der Waals surface area contributed by atoms with Gasteiger partial charge >= 0.3 is 0 Å². The molecule has 0 aromatic carbocycles. The van der Waals surface area contributed by atoms with E-state index in [9.17, 15) is 0 Å². The lowest BCUT2D eigenvalue weighted by molar-refractivity contribution is 0.0935. The zero-order valence-electron chi connectivity index (χ0n) is 8.71. The predicted octanol–water partition coefficient (Wildman–Crippen LogP) is 1.60. The molecule has 0 radical (unpaired) electrons. The molecule has 2 nitrogen and oxygen atoms in total. The van der Waals surface area contributed by atoms with E-state index in [4.69, 9.17) is 5.73 Å². The first-order valence-electron chi connectivity index (χ1n) is 5.78. The van der Waals surface area contributed by atoms with E-state index in [0.29, 0.717) is 0 Å². The van der Waals surface area contributed by atoms with E-state index < -0.39 is 0 Å². The number of rotatable bonds is 3. The molecule has 0 amide bonds. The van der Waals surface area contributed by atoms with Crippen LogP contribution in [0.4, 0.5) is 0 Å². The minimum Gasteiger partial charge on any atom is -0.330 e. The Morgan fingerprint density at radius 1 is 1.31 bits per heavy atom. The molecule has 0 bridgehead atoms. The van der Waals surface area contributed by atoms with E-state index in [1.165, 1.54) is 38.6 Å². The van der Waals surface area contributed by atoms with E-state index in [2.05, 4.69) is 11.8 Å². The maximum atomic E-state index is 5.64. The van der Waals surface area contributed by atoms with Gasteiger partial charge in [0.05, 0.1) is 0 Å². The number of piperidine rings is 1. The summed E-state index contributed by atoms with van der Waals surface area (Å²) in [5.74, 6) is 0.874. The van der Waals surface area contributed by atoms with Crippen molar-refractivity contribution in [1.82, 2.24) is 4.90 Å². The van der Waals surface area contributed by atoms with Crippen LogP contribution in [0.2, 0.25) is 0 Å². The minimum atomic E-state index is 0.796. The Labute approximate surface area is 81.5 Å². The van der Waals surface area contributed by atoms with Crippen molar-refractivity contribution in [2.75, 3.05) is 13.1 Å². The predicted molar refractivity (Wildman–Crippen MR) is 55.6 cm³/mol. The van der Waals surface area contributed by atoms with Gasteiger partial charge in [0, 0.05) is 12.1 Å². The molecule has 0 spiro atoms. The number of likely N-dealkylation sites (tertiary alicyclic amines) is 1. The molecule has 76 valence electrons. The van der Waals surface area contributed by atoms with Gasteiger partial charge in [-0.1, -0.05) is 0 Å². The Hall–Kier alpha value is -0.0800. The molecule has 1 aliphatic heterocycles. The van der Waals surface area contributed by atoms with E-state index in [1.807, 2.05) is 0 Å². The zero-order valence-corrected chi connectivity index (χ0v) is 8.71. The quantitative estimate of drug-likeness (QED) is 0.718. The smallest absolute Gasteiger partial charge is 0.00993 e. The summed E-state index contributed by atoms with van der Waals surface area (Å²) in [5, 5.41) is 0. The van der Waals surface area contributed by atoms with Crippen LogP contribution in [0.3, 0.4) is 0 Å². The number of nitrogens with zero attached hydrogens (tertiary/aromatic N) is 1. The van der Waals surface area contributed by atoms with Gasteiger partial charge < -0.3 is 5.73 Å². The third kappa shape index (κ3) is 2.05. The summed E-state index contributed by atoms with van der Waals surface area (Å²) in [6.45, 7) is 4.61. The summed E-state index contributed by atoms with van der Waals surface area (Å²) in [7, 11) is 0. The van der Waals surface area contributed by atoms with Crippen molar-refractivity contribution in [2.45, 2.75) is 51.1 Å². The molecule has 0 aromatic heterocycles. The molecule has 13 heavy (non-hydrogen) atoms. The van der Waals surface area contributed by atoms with Gasteiger partial charge in [0.25, 0.3) is 0 Å². The average molecular weight is 182 g/mol. The van der Waals surface area contributed by atoms with Crippen LogP contribution in [0.5, 0.6) is 0 Å². The second-order valence-electron chi connectivity index (χ2n) is 4.69.